The first-order chi connectivity index (χ1) is 6.92. The Kier molecular flexibility index (Phi) is 4.40. The van der Waals surface area contributed by atoms with Gasteiger partial charge in [-0.1, -0.05) is 0 Å². The monoisotopic (exact) mass is 224 g/mol. The summed E-state index contributed by atoms with van der Waals surface area (Å²) < 4.78 is 36.5. The van der Waals surface area contributed by atoms with Gasteiger partial charge < -0.3 is 5.32 Å². The molecular weight excluding hydrogens is 205 g/mol. The number of nitrogens with zero attached hydrogens (tertiary/aromatic N) is 1. The Balaban J connectivity index is 2.33. The number of halogens is 3. The van der Waals surface area contributed by atoms with Crippen molar-refractivity contribution in [3.8, 4) is 0 Å². The van der Waals surface area contributed by atoms with E-state index in [0.717, 1.165) is 26.1 Å². The number of likely N-dealkylation sites (tertiary alicyclic amines) is 1. The van der Waals surface area contributed by atoms with Gasteiger partial charge in [0.25, 0.3) is 0 Å². The van der Waals surface area contributed by atoms with Crippen molar-refractivity contribution in [2.75, 3.05) is 26.7 Å². The van der Waals surface area contributed by atoms with Crippen molar-refractivity contribution in [3.05, 3.63) is 0 Å². The molecule has 2 atom stereocenters. The predicted octanol–water partition coefficient (Wildman–Crippen LogP) is 1.87. The smallest absolute Gasteiger partial charge is 0.319 e. The standard InChI is InChI=1S/C10H19F3N2/c1-8(5-10(11,12)13)15-4-3-9(7-15)6-14-2/h8-9,14H,3-7H2,1-2H3. The van der Waals surface area contributed by atoms with Crippen LogP contribution in [0.1, 0.15) is 19.8 Å². The molecule has 0 aromatic carbocycles. The van der Waals surface area contributed by atoms with Crippen LogP contribution in [0.5, 0.6) is 0 Å². The summed E-state index contributed by atoms with van der Waals surface area (Å²) >= 11 is 0. The molecule has 0 saturated carbocycles. The van der Waals surface area contributed by atoms with Gasteiger partial charge in [0.1, 0.15) is 0 Å². The summed E-state index contributed by atoms with van der Waals surface area (Å²) in [5, 5.41) is 3.07. The minimum absolute atomic E-state index is 0.383. The van der Waals surface area contributed by atoms with Gasteiger partial charge >= 0.3 is 6.18 Å². The fourth-order valence-corrected chi connectivity index (χ4v) is 2.18. The second kappa shape index (κ2) is 5.16. The number of hydrogen-bond donors (Lipinski definition) is 1. The van der Waals surface area contributed by atoms with Crippen molar-refractivity contribution < 1.29 is 13.2 Å². The molecular formula is C10H19F3N2. The van der Waals surface area contributed by atoms with E-state index >= 15 is 0 Å². The first-order valence-electron chi connectivity index (χ1n) is 5.38. The number of hydrogen-bond acceptors (Lipinski definition) is 2. The van der Waals surface area contributed by atoms with E-state index in [-0.39, 0.29) is 6.04 Å². The Labute approximate surface area is 88.8 Å². The van der Waals surface area contributed by atoms with E-state index in [1.165, 1.54) is 0 Å². The van der Waals surface area contributed by atoms with Crippen LogP contribution in [0.4, 0.5) is 13.2 Å². The van der Waals surface area contributed by atoms with E-state index in [1.54, 1.807) is 6.92 Å². The lowest BCUT2D eigenvalue weighted by Gasteiger charge is -2.25. The van der Waals surface area contributed by atoms with Gasteiger partial charge in [-0.3, -0.25) is 4.90 Å². The highest BCUT2D eigenvalue weighted by molar-refractivity contribution is 4.81. The molecule has 0 spiro atoms. The van der Waals surface area contributed by atoms with E-state index in [1.807, 2.05) is 11.9 Å². The van der Waals surface area contributed by atoms with Crippen LogP contribution in [-0.4, -0.2) is 43.8 Å². The van der Waals surface area contributed by atoms with Crippen LogP contribution in [0.15, 0.2) is 0 Å². The van der Waals surface area contributed by atoms with Crippen LogP contribution in [0, 0.1) is 5.92 Å². The highest BCUT2D eigenvalue weighted by atomic mass is 19.4. The van der Waals surface area contributed by atoms with Gasteiger partial charge in [0.2, 0.25) is 0 Å². The number of alkyl halides is 3. The Morgan fingerprint density at radius 2 is 2.13 bits per heavy atom. The minimum Gasteiger partial charge on any atom is -0.319 e. The molecule has 1 rings (SSSR count). The second-order valence-electron chi connectivity index (χ2n) is 4.38. The molecule has 1 fully saturated rings. The topological polar surface area (TPSA) is 15.3 Å². The quantitative estimate of drug-likeness (QED) is 0.784. The third-order valence-electron chi connectivity index (χ3n) is 2.96. The molecule has 2 unspecified atom stereocenters. The molecule has 0 amide bonds. The van der Waals surface area contributed by atoms with Gasteiger partial charge in [-0.15, -0.1) is 0 Å². The lowest BCUT2D eigenvalue weighted by atomic mass is 10.1. The van der Waals surface area contributed by atoms with E-state index in [4.69, 9.17) is 0 Å². The lowest BCUT2D eigenvalue weighted by Crippen LogP contribution is -2.35. The SMILES string of the molecule is CNCC1CCN(C(C)CC(F)(F)F)C1. The average molecular weight is 224 g/mol. The van der Waals surface area contributed by atoms with Crippen LogP contribution in [0.3, 0.4) is 0 Å². The molecule has 1 aliphatic rings. The summed E-state index contributed by atoms with van der Waals surface area (Å²) in [7, 11) is 1.88. The maximum absolute atomic E-state index is 12.2. The largest absolute Gasteiger partial charge is 0.390 e. The number of nitrogens with one attached hydrogen (secondary N) is 1. The van der Waals surface area contributed by atoms with Crippen molar-refractivity contribution in [3.63, 3.8) is 0 Å². The van der Waals surface area contributed by atoms with Gasteiger partial charge in [-0.2, -0.15) is 13.2 Å². The Bertz CT molecular complexity index is 194. The van der Waals surface area contributed by atoms with Crippen LogP contribution < -0.4 is 5.32 Å². The summed E-state index contributed by atoms with van der Waals surface area (Å²) in [6.45, 7) is 4.15. The molecule has 0 radical (unpaired) electrons. The molecule has 0 bridgehead atoms. The van der Waals surface area contributed by atoms with Gasteiger partial charge in [0.05, 0.1) is 6.42 Å². The molecule has 0 aromatic heterocycles. The molecule has 5 heteroatoms. The highest BCUT2D eigenvalue weighted by Gasteiger charge is 2.34. The molecule has 1 aliphatic heterocycles. The molecule has 15 heavy (non-hydrogen) atoms. The van der Waals surface area contributed by atoms with Crippen LogP contribution in [0.25, 0.3) is 0 Å². The maximum atomic E-state index is 12.2. The minimum atomic E-state index is -4.04. The van der Waals surface area contributed by atoms with Gasteiger partial charge in [-0.25, -0.2) is 0 Å². The fourth-order valence-electron chi connectivity index (χ4n) is 2.18. The fraction of sp³-hybridized carbons (Fsp3) is 1.00. The van der Waals surface area contributed by atoms with Crippen molar-refractivity contribution in [2.24, 2.45) is 5.92 Å². The zero-order valence-corrected chi connectivity index (χ0v) is 9.27. The summed E-state index contributed by atoms with van der Waals surface area (Å²) in [5.74, 6) is 0.505. The van der Waals surface area contributed by atoms with Crippen molar-refractivity contribution in [1.29, 1.82) is 0 Å². The lowest BCUT2D eigenvalue weighted by molar-refractivity contribution is -0.145. The molecule has 1 N–H and O–H groups in total. The summed E-state index contributed by atoms with van der Waals surface area (Å²) in [4.78, 5) is 1.94. The van der Waals surface area contributed by atoms with Crippen LogP contribution in [0.2, 0.25) is 0 Å². The zero-order valence-electron chi connectivity index (χ0n) is 9.27. The summed E-state index contributed by atoms with van der Waals surface area (Å²) in [6, 6.07) is -0.383. The zero-order chi connectivity index (χ0) is 11.5. The van der Waals surface area contributed by atoms with E-state index in [0.29, 0.717) is 5.92 Å². The van der Waals surface area contributed by atoms with Gasteiger partial charge in [-0.05, 0) is 39.4 Å². The molecule has 2 nitrogen and oxygen atoms in total. The normalized spacial score (nSPS) is 25.8. The maximum Gasteiger partial charge on any atom is 0.390 e. The molecule has 0 aromatic rings. The van der Waals surface area contributed by atoms with Crippen LogP contribution in [-0.2, 0) is 0 Å². The van der Waals surface area contributed by atoms with Gasteiger partial charge in [0.15, 0.2) is 0 Å². The van der Waals surface area contributed by atoms with Crippen molar-refractivity contribution >= 4 is 0 Å². The van der Waals surface area contributed by atoms with E-state index < -0.39 is 12.6 Å². The van der Waals surface area contributed by atoms with E-state index in [2.05, 4.69) is 5.32 Å². The summed E-state index contributed by atoms with van der Waals surface area (Å²) in [5.41, 5.74) is 0. The molecule has 0 aliphatic carbocycles. The third kappa shape index (κ3) is 4.38. The van der Waals surface area contributed by atoms with Crippen molar-refractivity contribution in [1.82, 2.24) is 10.2 Å². The Morgan fingerprint density at radius 1 is 1.47 bits per heavy atom. The average Bonchev–Trinajstić information content (AvgIpc) is 2.50. The summed E-state index contributed by atoms with van der Waals surface area (Å²) in [6.07, 6.45) is -3.73. The van der Waals surface area contributed by atoms with Gasteiger partial charge in [0, 0.05) is 12.6 Å². The Hall–Kier alpha value is -0.290. The van der Waals surface area contributed by atoms with E-state index in [9.17, 15) is 13.2 Å². The predicted molar refractivity (Wildman–Crippen MR) is 53.7 cm³/mol. The van der Waals surface area contributed by atoms with Crippen molar-refractivity contribution in [2.45, 2.75) is 32.0 Å². The second-order valence-corrected chi connectivity index (χ2v) is 4.38. The Morgan fingerprint density at radius 3 is 2.67 bits per heavy atom. The first kappa shape index (κ1) is 12.8. The molecule has 1 saturated heterocycles. The molecule has 1 heterocycles. The molecule has 90 valence electrons. The van der Waals surface area contributed by atoms with Crippen LogP contribution >= 0.6 is 0 Å². The first-order valence-corrected chi connectivity index (χ1v) is 5.38. The third-order valence-corrected chi connectivity index (χ3v) is 2.96. The number of rotatable bonds is 4. The highest BCUT2D eigenvalue weighted by Crippen LogP contribution is 2.27.